The van der Waals surface area contributed by atoms with Gasteiger partial charge in [-0.3, -0.25) is 0 Å². The minimum atomic E-state index is -0.879. The van der Waals surface area contributed by atoms with E-state index in [2.05, 4.69) is 30.3 Å². The molecule has 5 aromatic rings. The highest BCUT2D eigenvalue weighted by Crippen LogP contribution is 2.40. The first-order valence-electron chi connectivity index (χ1n) is 13.7. The summed E-state index contributed by atoms with van der Waals surface area (Å²) in [6, 6.07) is 30.0. The minimum absolute atomic E-state index is 0.354. The van der Waals surface area contributed by atoms with Gasteiger partial charge in [0.05, 0.1) is 23.9 Å². The molecule has 0 atom stereocenters. The molecule has 200 valence electrons. The van der Waals surface area contributed by atoms with Gasteiger partial charge < -0.3 is 9.84 Å². The Morgan fingerprint density at radius 1 is 0.800 bits per heavy atom. The van der Waals surface area contributed by atoms with Gasteiger partial charge in [0.1, 0.15) is 5.75 Å². The fourth-order valence-electron chi connectivity index (χ4n) is 5.84. The maximum absolute atomic E-state index is 11.7. The summed E-state index contributed by atoms with van der Waals surface area (Å²) in [5, 5.41) is 11.4. The standard InChI is InChI=1S/C35H30ClNO3/c1-40-30-19-27(22-7-12-29(36)13-8-22)18-28(20-30)34-16-11-25-17-24(10-15-33(25)37-34)31-14-9-26(35(38)39)21-32(31)23-5-3-2-4-6-23/h7-21,23H,2-6H2,1H3,(H,38,39). The molecule has 1 heterocycles. The van der Waals surface area contributed by atoms with Crippen LogP contribution in [0.25, 0.3) is 44.4 Å². The number of carboxylic acid groups (broad SMARTS) is 1. The molecule has 0 radical (unpaired) electrons. The van der Waals surface area contributed by atoms with E-state index in [1.165, 1.54) is 19.3 Å². The molecule has 1 aromatic heterocycles. The Balaban J connectivity index is 1.38. The SMILES string of the molecule is COc1cc(-c2ccc(Cl)cc2)cc(-c2ccc3cc(-c4ccc(C(=O)O)cc4C4CCCCC4)ccc3n2)c1. The Morgan fingerprint density at radius 2 is 1.55 bits per heavy atom. The van der Waals surface area contributed by atoms with Crippen molar-refractivity contribution in [3.8, 4) is 39.3 Å². The molecular weight excluding hydrogens is 518 g/mol. The molecule has 0 spiro atoms. The summed E-state index contributed by atoms with van der Waals surface area (Å²) < 4.78 is 5.61. The number of halogens is 1. The summed E-state index contributed by atoms with van der Waals surface area (Å²) in [4.78, 5) is 16.7. The number of methoxy groups -OCH3 is 1. The predicted molar refractivity (Wildman–Crippen MR) is 162 cm³/mol. The monoisotopic (exact) mass is 547 g/mol. The number of rotatable bonds is 6. The van der Waals surface area contributed by atoms with E-state index in [1.54, 1.807) is 13.2 Å². The highest BCUT2D eigenvalue weighted by molar-refractivity contribution is 6.30. The molecule has 0 saturated heterocycles. The molecule has 40 heavy (non-hydrogen) atoms. The van der Waals surface area contributed by atoms with Crippen LogP contribution in [0.4, 0.5) is 0 Å². The van der Waals surface area contributed by atoms with Crippen LogP contribution >= 0.6 is 11.6 Å². The van der Waals surface area contributed by atoms with E-state index in [1.807, 2.05) is 54.6 Å². The summed E-state index contributed by atoms with van der Waals surface area (Å²) in [6.45, 7) is 0. The quantitative estimate of drug-likeness (QED) is 0.230. The molecule has 1 aliphatic carbocycles. The number of hydrogen-bond acceptors (Lipinski definition) is 3. The van der Waals surface area contributed by atoms with Gasteiger partial charge in [0.15, 0.2) is 0 Å². The topological polar surface area (TPSA) is 59.4 Å². The van der Waals surface area contributed by atoms with E-state index in [-0.39, 0.29) is 0 Å². The molecule has 1 saturated carbocycles. The Kier molecular flexibility index (Phi) is 7.27. The first-order valence-corrected chi connectivity index (χ1v) is 14.1. The largest absolute Gasteiger partial charge is 0.497 e. The first-order chi connectivity index (χ1) is 19.5. The van der Waals surface area contributed by atoms with Gasteiger partial charge in [-0.25, -0.2) is 9.78 Å². The van der Waals surface area contributed by atoms with Gasteiger partial charge in [0.2, 0.25) is 0 Å². The van der Waals surface area contributed by atoms with Crippen molar-refractivity contribution in [2.24, 2.45) is 0 Å². The molecule has 1 aliphatic rings. The molecule has 4 nitrogen and oxygen atoms in total. The lowest BCUT2D eigenvalue weighted by molar-refractivity contribution is 0.0696. The van der Waals surface area contributed by atoms with Crippen molar-refractivity contribution < 1.29 is 14.6 Å². The number of benzene rings is 4. The van der Waals surface area contributed by atoms with Crippen molar-refractivity contribution in [3.63, 3.8) is 0 Å². The highest BCUT2D eigenvalue weighted by atomic mass is 35.5. The van der Waals surface area contributed by atoms with Crippen molar-refractivity contribution in [2.75, 3.05) is 7.11 Å². The molecule has 5 heteroatoms. The molecule has 4 aromatic carbocycles. The molecule has 6 rings (SSSR count). The van der Waals surface area contributed by atoms with Crippen molar-refractivity contribution in [3.05, 3.63) is 107 Å². The van der Waals surface area contributed by atoms with Crippen LogP contribution in [0.3, 0.4) is 0 Å². The molecule has 0 amide bonds. The van der Waals surface area contributed by atoms with Gasteiger partial charge in [0.25, 0.3) is 0 Å². The lowest BCUT2D eigenvalue weighted by Crippen LogP contribution is -2.08. The lowest BCUT2D eigenvalue weighted by atomic mass is 9.80. The van der Waals surface area contributed by atoms with E-state index >= 15 is 0 Å². The van der Waals surface area contributed by atoms with Crippen LogP contribution in [0.1, 0.15) is 53.9 Å². The van der Waals surface area contributed by atoms with E-state index in [4.69, 9.17) is 21.3 Å². The van der Waals surface area contributed by atoms with E-state index < -0.39 is 5.97 Å². The fourth-order valence-corrected chi connectivity index (χ4v) is 5.96. The van der Waals surface area contributed by atoms with Gasteiger partial charge in [-0.05, 0) is 107 Å². The van der Waals surface area contributed by atoms with Crippen LogP contribution in [0.5, 0.6) is 5.75 Å². The van der Waals surface area contributed by atoms with E-state index in [0.29, 0.717) is 16.5 Å². The number of carbonyl (C=O) groups is 1. The third-order valence-corrected chi connectivity index (χ3v) is 8.21. The van der Waals surface area contributed by atoms with Crippen LogP contribution in [-0.2, 0) is 0 Å². The zero-order valence-electron chi connectivity index (χ0n) is 22.4. The van der Waals surface area contributed by atoms with Crippen molar-refractivity contribution in [1.29, 1.82) is 0 Å². The number of nitrogens with zero attached hydrogens (tertiary/aromatic N) is 1. The number of aromatic carboxylic acids is 1. The maximum Gasteiger partial charge on any atom is 0.335 e. The van der Waals surface area contributed by atoms with E-state index in [9.17, 15) is 9.90 Å². The van der Waals surface area contributed by atoms with Crippen molar-refractivity contribution in [2.45, 2.75) is 38.0 Å². The van der Waals surface area contributed by atoms with Gasteiger partial charge in [0, 0.05) is 16.0 Å². The summed E-state index contributed by atoms with van der Waals surface area (Å²) in [7, 11) is 1.67. The average Bonchev–Trinajstić information content (AvgIpc) is 3.00. The average molecular weight is 548 g/mol. The van der Waals surface area contributed by atoms with Gasteiger partial charge in [-0.1, -0.05) is 61.2 Å². The smallest absolute Gasteiger partial charge is 0.335 e. The molecule has 0 bridgehead atoms. The number of ether oxygens (including phenoxy) is 1. The second-order valence-corrected chi connectivity index (χ2v) is 10.9. The van der Waals surface area contributed by atoms with Crippen LogP contribution in [0.15, 0.2) is 91.0 Å². The summed E-state index contributed by atoms with van der Waals surface area (Å²) in [5.41, 5.74) is 8.53. The minimum Gasteiger partial charge on any atom is -0.497 e. The highest BCUT2D eigenvalue weighted by Gasteiger charge is 2.21. The summed E-state index contributed by atoms with van der Waals surface area (Å²) in [6.07, 6.45) is 5.84. The van der Waals surface area contributed by atoms with Gasteiger partial charge in [-0.15, -0.1) is 0 Å². The van der Waals surface area contributed by atoms with Crippen LogP contribution in [0, 0.1) is 0 Å². The second-order valence-electron chi connectivity index (χ2n) is 10.5. The Hall–Kier alpha value is -4.15. The van der Waals surface area contributed by atoms with Crippen LogP contribution in [-0.4, -0.2) is 23.2 Å². The number of carboxylic acids is 1. The third-order valence-electron chi connectivity index (χ3n) is 7.96. The second kappa shape index (κ2) is 11.1. The van der Waals surface area contributed by atoms with Crippen LogP contribution < -0.4 is 4.74 Å². The van der Waals surface area contributed by atoms with Gasteiger partial charge in [-0.2, -0.15) is 0 Å². The number of pyridine rings is 1. The Bertz CT molecular complexity index is 1700. The Labute approximate surface area is 239 Å². The predicted octanol–water partition coefficient (Wildman–Crippen LogP) is 9.64. The normalized spacial score (nSPS) is 13.8. The summed E-state index contributed by atoms with van der Waals surface area (Å²) in [5.74, 6) is 0.275. The molecule has 0 aliphatic heterocycles. The molecular formula is C35H30ClNO3. The van der Waals surface area contributed by atoms with E-state index in [0.717, 1.165) is 68.6 Å². The van der Waals surface area contributed by atoms with Crippen molar-refractivity contribution >= 4 is 28.5 Å². The number of aromatic nitrogens is 1. The lowest BCUT2D eigenvalue weighted by Gasteiger charge is -2.25. The fraction of sp³-hybridized carbons (Fsp3) is 0.200. The third kappa shape index (κ3) is 5.32. The van der Waals surface area contributed by atoms with Crippen molar-refractivity contribution in [1.82, 2.24) is 4.98 Å². The van der Waals surface area contributed by atoms with Crippen LogP contribution in [0.2, 0.25) is 5.02 Å². The zero-order valence-corrected chi connectivity index (χ0v) is 23.1. The summed E-state index contributed by atoms with van der Waals surface area (Å²) >= 11 is 6.10. The van der Waals surface area contributed by atoms with Gasteiger partial charge >= 0.3 is 5.97 Å². The maximum atomic E-state index is 11.7. The number of fused-ring (bicyclic) bond motifs is 1. The number of hydrogen-bond donors (Lipinski definition) is 1. The Morgan fingerprint density at radius 3 is 2.30 bits per heavy atom. The molecule has 0 unspecified atom stereocenters. The first kappa shape index (κ1) is 26.1. The molecule has 1 fully saturated rings. The zero-order chi connectivity index (χ0) is 27.6. The molecule has 1 N–H and O–H groups in total.